The Bertz CT molecular complexity index is 1110. The van der Waals surface area contributed by atoms with Crippen molar-refractivity contribution < 1.29 is 32.2 Å². The van der Waals surface area contributed by atoms with Gasteiger partial charge in [0.05, 0.1) is 18.0 Å². The average Bonchev–Trinajstić information content (AvgIpc) is 2.86. The maximum Gasteiger partial charge on any atom is 0.309 e. The van der Waals surface area contributed by atoms with E-state index in [1.54, 1.807) is 30.6 Å². The number of benzene rings is 1. The third-order valence-electron chi connectivity index (χ3n) is 5.12. The summed E-state index contributed by atoms with van der Waals surface area (Å²) in [5.41, 5.74) is 0.790. The van der Waals surface area contributed by atoms with Gasteiger partial charge in [-0.1, -0.05) is 0 Å². The van der Waals surface area contributed by atoms with Crippen molar-refractivity contribution in [3.63, 3.8) is 0 Å². The van der Waals surface area contributed by atoms with Crippen LogP contribution in [0.3, 0.4) is 0 Å². The molecule has 33 heavy (non-hydrogen) atoms. The van der Waals surface area contributed by atoms with Crippen LogP contribution < -0.4 is 20.1 Å². The van der Waals surface area contributed by atoms with Crippen molar-refractivity contribution in [1.82, 2.24) is 19.9 Å². The number of hydrogen-bond donors (Lipinski definition) is 2. The number of nitrogens with zero attached hydrogens (tertiary/aromatic N) is 2. The number of sulfonamides is 1. The van der Waals surface area contributed by atoms with Crippen LogP contribution in [0, 0.1) is 0 Å². The van der Waals surface area contributed by atoms with Crippen LogP contribution in [0.4, 0.5) is 0 Å². The van der Waals surface area contributed by atoms with Gasteiger partial charge in [-0.05, 0) is 36.2 Å². The summed E-state index contributed by atoms with van der Waals surface area (Å²) in [5, 5.41) is 4.96. The molecule has 2 amide bonds. The fraction of sp³-hybridized carbons (Fsp3) is 0.381. The molecule has 11 nitrogen and oxygen atoms in total. The lowest BCUT2D eigenvalue weighted by atomic mass is 10.3. The average molecular weight is 477 g/mol. The van der Waals surface area contributed by atoms with Gasteiger partial charge in [0.2, 0.25) is 10.0 Å². The highest BCUT2D eigenvalue weighted by atomic mass is 32.2. The number of fused-ring (bicyclic) bond motifs is 1. The maximum absolute atomic E-state index is 13.3. The van der Waals surface area contributed by atoms with Crippen molar-refractivity contribution in [3.05, 3.63) is 48.3 Å². The van der Waals surface area contributed by atoms with E-state index in [1.807, 2.05) is 0 Å². The molecule has 2 aliphatic heterocycles. The minimum absolute atomic E-state index is 0.0312. The fourth-order valence-electron chi connectivity index (χ4n) is 3.45. The summed E-state index contributed by atoms with van der Waals surface area (Å²) in [7, 11) is -3.94. The summed E-state index contributed by atoms with van der Waals surface area (Å²) < 4.78 is 44.3. The highest BCUT2D eigenvalue weighted by molar-refractivity contribution is 7.89. The van der Waals surface area contributed by atoms with Gasteiger partial charge < -0.3 is 24.8 Å². The van der Waals surface area contributed by atoms with Crippen LogP contribution in [0.1, 0.15) is 12.0 Å². The number of carbonyl (C=O) groups is 2. The molecule has 0 saturated carbocycles. The molecule has 1 aromatic heterocycles. The summed E-state index contributed by atoms with van der Waals surface area (Å²) >= 11 is 0. The first kappa shape index (κ1) is 23.0. The van der Waals surface area contributed by atoms with Gasteiger partial charge in [-0.25, -0.2) is 8.42 Å². The molecule has 1 fully saturated rings. The SMILES string of the molecule is O=C(NCc1ccncc1)C(=O)NC[C@H]1OCCCN1S(=O)(=O)c1ccc2c(c1)OCCO2. The molecule has 2 aliphatic rings. The molecule has 0 spiro atoms. The fourth-order valence-corrected chi connectivity index (χ4v) is 5.03. The third kappa shape index (κ3) is 5.41. The van der Waals surface area contributed by atoms with Gasteiger partial charge >= 0.3 is 11.8 Å². The molecule has 2 N–H and O–H groups in total. The van der Waals surface area contributed by atoms with Crippen LogP contribution in [0.15, 0.2) is 47.6 Å². The summed E-state index contributed by atoms with van der Waals surface area (Å²) in [6.45, 7) is 1.27. The van der Waals surface area contributed by atoms with Crippen molar-refractivity contribution in [3.8, 4) is 11.5 Å². The summed E-state index contributed by atoms with van der Waals surface area (Å²) in [4.78, 5) is 28.2. The maximum atomic E-state index is 13.3. The molecule has 12 heteroatoms. The van der Waals surface area contributed by atoms with Crippen LogP contribution in [0.5, 0.6) is 11.5 Å². The zero-order valence-electron chi connectivity index (χ0n) is 17.7. The lowest BCUT2D eigenvalue weighted by Gasteiger charge is -2.34. The Balaban J connectivity index is 1.38. The van der Waals surface area contributed by atoms with Crippen molar-refractivity contribution in [2.75, 3.05) is 32.9 Å². The molecule has 0 bridgehead atoms. The quantitative estimate of drug-likeness (QED) is 0.557. The zero-order valence-corrected chi connectivity index (χ0v) is 18.5. The number of aromatic nitrogens is 1. The number of nitrogens with one attached hydrogen (secondary N) is 2. The van der Waals surface area contributed by atoms with Gasteiger partial charge in [0.25, 0.3) is 0 Å². The van der Waals surface area contributed by atoms with Crippen LogP contribution in [0.25, 0.3) is 0 Å². The topological polar surface area (TPSA) is 136 Å². The van der Waals surface area contributed by atoms with Gasteiger partial charge in [0.15, 0.2) is 11.5 Å². The highest BCUT2D eigenvalue weighted by Gasteiger charge is 2.35. The standard InChI is InChI=1S/C21H24N4O7S/c26-20(23-13-15-4-6-22-7-5-15)21(27)24-14-19-25(8-1-9-32-19)33(28,29)16-2-3-17-18(12-16)31-11-10-30-17/h2-7,12,19H,1,8-11,13-14H2,(H,23,26)(H,24,27)/t19-/m1/s1. The number of hydrogen-bond acceptors (Lipinski definition) is 8. The Morgan fingerprint density at radius 3 is 2.52 bits per heavy atom. The molecule has 3 heterocycles. The van der Waals surface area contributed by atoms with Crippen molar-refractivity contribution in [2.45, 2.75) is 24.1 Å². The van der Waals surface area contributed by atoms with Gasteiger partial charge in [-0.15, -0.1) is 0 Å². The lowest BCUT2D eigenvalue weighted by molar-refractivity contribution is -0.140. The minimum Gasteiger partial charge on any atom is -0.486 e. The Labute approximate surface area is 191 Å². The molecular formula is C21H24N4O7S. The van der Waals surface area contributed by atoms with E-state index in [0.29, 0.717) is 37.7 Å². The molecule has 0 aliphatic carbocycles. The van der Waals surface area contributed by atoms with Gasteiger partial charge in [-0.2, -0.15) is 4.31 Å². The Morgan fingerprint density at radius 2 is 1.73 bits per heavy atom. The smallest absolute Gasteiger partial charge is 0.309 e. The second-order valence-electron chi connectivity index (χ2n) is 7.35. The van der Waals surface area contributed by atoms with E-state index in [-0.39, 0.29) is 24.5 Å². The number of carbonyl (C=O) groups excluding carboxylic acids is 2. The van der Waals surface area contributed by atoms with E-state index in [1.165, 1.54) is 16.4 Å². The second-order valence-corrected chi connectivity index (χ2v) is 9.24. The zero-order chi connectivity index (χ0) is 23.3. The predicted octanol–water partition coefficient (Wildman–Crippen LogP) is 0.0225. The highest BCUT2D eigenvalue weighted by Crippen LogP contribution is 2.34. The molecule has 1 saturated heterocycles. The van der Waals surface area contributed by atoms with E-state index in [2.05, 4.69) is 15.6 Å². The third-order valence-corrected chi connectivity index (χ3v) is 7.01. The molecule has 2 aromatic rings. The molecule has 176 valence electrons. The van der Waals surface area contributed by atoms with Crippen LogP contribution in [-0.4, -0.2) is 68.7 Å². The number of ether oxygens (including phenoxy) is 3. The molecule has 1 aromatic carbocycles. The molecular weight excluding hydrogens is 452 g/mol. The summed E-state index contributed by atoms with van der Waals surface area (Å²) in [6.07, 6.45) is 2.71. The van der Waals surface area contributed by atoms with Crippen molar-refractivity contribution in [1.29, 1.82) is 0 Å². The van der Waals surface area contributed by atoms with Gasteiger partial charge in [0, 0.05) is 31.5 Å². The number of pyridine rings is 1. The van der Waals surface area contributed by atoms with Crippen LogP contribution in [0.2, 0.25) is 0 Å². The van der Waals surface area contributed by atoms with Gasteiger partial charge in [-0.3, -0.25) is 14.6 Å². The molecule has 4 rings (SSSR count). The van der Waals surface area contributed by atoms with E-state index in [9.17, 15) is 18.0 Å². The second kappa shape index (κ2) is 10.1. The Morgan fingerprint density at radius 1 is 1.00 bits per heavy atom. The Hall–Kier alpha value is -3.22. The first-order valence-corrected chi connectivity index (χ1v) is 11.9. The number of amides is 2. The lowest BCUT2D eigenvalue weighted by Crippen LogP contribution is -2.53. The van der Waals surface area contributed by atoms with Crippen LogP contribution in [-0.2, 0) is 30.9 Å². The molecule has 0 unspecified atom stereocenters. The predicted molar refractivity (Wildman–Crippen MR) is 115 cm³/mol. The molecule has 1 atom stereocenters. The van der Waals surface area contributed by atoms with E-state index >= 15 is 0 Å². The monoisotopic (exact) mass is 476 g/mol. The van der Waals surface area contributed by atoms with E-state index in [0.717, 1.165) is 5.56 Å². The Kier molecular flexibility index (Phi) is 7.06. The normalized spacial score (nSPS) is 18.4. The van der Waals surface area contributed by atoms with Crippen LogP contribution >= 0.6 is 0 Å². The first-order chi connectivity index (χ1) is 15.9. The molecule has 0 radical (unpaired) electrons. The van der Waals surface area contributed by atoms with Crippen molar-refractivity contribution in [2.24, 2.45) is 0 Å². The summed E-state index contributed by atoms with van der Waals surface area (Å²) in [6, 6.07) is 7.85. The minimum atomic E-state index is -3.94. The van der Waals surface area contributed by atoms with E-state index in [4.69, 9.17) is 14.2 Å². The number of rotatable bonds is 6. The largest absolute Gasteiger partial charge is 0.486 e. The van der Waals surface area contributed by atoms with E-state index < -0.39 is 28.1 Å². The van der Waals surface area contributed by atoms with Crippen molar-refractivity contribution >= 4 is 21.8 Å². The first-order valence-electron chi connectivity index (χ1n) is 10.4. The van der Waals surface area contributed by atoms with Gasteiger partial charge in [0.1, 0.15) is 19.4 Å². The summed E-state index contributed by atoms with van der Waals surface area (Å²) in [5.74, 6) is -0.869.